The minimum atomic E-state index is -0.338. The van der Waals surface area contributed by atoms with Gasteiger partial charge in [0.05, 0.1) is 5.56 Å². The largest absolute Gasteiger partial charge is 0.206 e. The molecule has 0 aromatic heterocycles. The summed E-state index contributed by atoms with van der Waals surface area (Å²) in [6, 6.07) is 21.6. The second kappa shape index (κ2) is 18.7. The zero-order valence-electron chi connectivity index (χ0n) is 23.5. The Morgan fingerprint density at radius 3 is 1.44 bits per heavy atom. The van der Waals surface area contributed by atoms with Gasteiger partial charge in [-0.05, 0) is 91.1 Å². The number of rotatable bonds is 14. The first-order chi connectivity index (χ1) is 19.2. The molecule has 0 nitrogen and oxygen atoms in total. The summed E-state index contributed by atoms with van der Waals surface area (Å²) in [7, 11) is 0. The molecule has 0 heterocycles. The molecular formula is C36H41FS2. The van der Waals surface area contributed by atoms with E-state index in [1.165, 1.54) is 80.1 Å². The topological polar surface area (TPSA) is 0 Å². The molecule has 0 aliphatic carbocycles. The fourth-order valence-corrected chi connectivity index (χ4v) is 5.86. The van der Waals surface area contributed by atoms with E-state index in [0.29, 0.717) is 11.1 Å². The van der Waals surface area contributed by atoms with Crippen LogP contribution < -0.4 is 0 Å². The highest BCUT2D eigenvalue weighted by Crippen LogP contribution is 2.21. The molecule has 0 N–H and O–H groups in total. The molecule has 3 aromatic carbocycles. The molecule has 3 aromatic rings. The number of unbranched alkanes of at least 4 members (excludes halogenated alkanes) is 8. The van der Waals surface area contributed by atoms with Crippen molar-refractivity contribution in [1.82, 2.24) is 0 Å². The van der Waals surface area contributed by atoms with Crippen molar-refractivity contribution in [2.24, 2.45) is 0 Å². The minimum Gasteiger partial charge on any atom is -0.206 e. The van der Waals surface area contributed by atoms with Crippen LogP contribution in [0.5, 0.6) is 0 Å². The van der Waals surface area contributed by atoms with E-state index >= 15 is 0 Å². The van der Waals surface area contributed by atoms with Crippen molar-refractivity contribution in [1.29, 1.82) is 0 Å². The average molecular weight is 557 g/mol. The van der Waals surface area contributed by atoms with Crippen molar-refractivity contribution in [3.8, 4) is 23.7 Å². The van der Waals surface area contributed by atoms with Crippen LogP contribution in [0.4, 0.5) is 4.39 Å². The van der Waals surface area contributed by atoms with Gasteiger partial charge in [-0.1, -0.05) is 88.9 Å². The summed E-state index contributed by atoms with van der Waals surface area (Å²) in [5, 5.41) is 0. The van der Waals surface area contributed by atoms with Crippen LogP contribution in [0.25, 0.3) is 0 Å². The van der Waals surface area contributed by atoms with Crippen LogP contribution in [0.1, 0.15) is 100 Å². The van der Waals surface area contributed by atoms with E-state index in [1.54, 1.807) is 6.07 Å². The van der Waals surface area contributed by atoms with Gasteiger partial charge in [-0.15, -0.1) is 23.5 Å². The molecular weight excluding hydrogens is 516 g/mol. The van der Waals surface area contributed by atoms with Crippen molar-refractivity contribution in [2.45, 2.75) is 87.8 Å². The first kappa shape index (κ1) is 30.9. The van der Waals surface area contributed by atoms with Gasteiger partial charge in [-0.2, -0.15) is 0 Å². The molecule has 204 valence electrons. The Labute approximate surface area is 245 Å². The second-order valence-electron chi connectivity index (χ2n) is 9.77. The lowest BCUT2D eigenvalue weighted by atomic mass is 10.1. The molecule has 0 radical (unpaired) electrons. The SMILES string of the molecule is CCCCCCCSc1ccc(C#Cc2ccc(C#Cc3ccc(SCCCCCCC)cc3)c(F)c2)cc1. The summed E-state index contributed by atoms with van der Waals surface area (Å²) < 4.78 is 14.7. The molecule has 0 bridgehead atoms. The first-order valence-corrected chi connectivity index (χ1v) is 16.4. The summed E-state index contributed by atoms with van der Waals surface area (Å²) in [4.78, 5) is 2.53. The molecule has 0 saturated carbocycles. The van der Waals surface area contributed by atoms with Gasteiger partial charge in [-0.25, -0.2) is 4.39 Å². The maximum atomic E-state index is 14.7. The predicted molar refractivity (Wildman–Crippen MR) is 170 cm³/mol. The van der Waals surface area contributed by atoms with E-state index in [1.807, 2.05) is 53.9 Å². The lowest BCUT2D eigenvalue weighted by Gasteiger charge is -2.02. The highest BCUT2D eigenvalue weighted by atomic mass is 32.2. The molecule has 0 unspecified atom stereocenters. The zero-order valence-corrected chi connectivity index (χ0v) is 25.2. The van der Waals surface area contributed by atoms with Crippen LogP contribution in [-0.2, 0) is 0 Å². The van der Waals surface area contributed by atoms with E-state index in [-0.39, 0.29) is 5.82 Å². The molecule has 0 aliphatic heterocycles. The second-order valence-corrected chi connectivity index (χ2v) is 12.1. The fraction of sp³-hybridized carbons (Fsp3) is 0.389. The third-order valence-corrected chi connectivity index (χ3v) is 8.60. The first-order valence-electron chi connectivity index (χ1n) is 14.5. The molecule has 0 amide bonds. The van der Waals surface area contributed by atoms with Crippen LogP contribution in [0.2, 0.25) is 0 Å². The van der Waals surface area contributed by atoms with E-state index in [4.69, 9.17) is 0 Å². The van der Waals surface area contributed by atoms with E-state index in [2.05, 4.69) is 61.8 Å². The zero-order chi connectivity index (χ0) is 27.5. The van der Waals surface area contributed by atoms with Gasteiger partial charge in [0.2, 0.25) is 0 Å². The van der Waals surface area contributed by atoms with Gasteiger partial charge in [0.1, 0.15) is 5.82 Å². The Bertz CT molecular complexity index is 1240. The molecule has 39 heavy (non-hydrogen) atoms. The maximum Gasteiger partial charge on any atom is 0.140 e. The Hall–Kier alpha value is -2.59. The van der Waals surface area contributed by atoms with E-state index < -0.39 is 0 Å². The van der Waals surface area contributed by atoms with Crippen molar-refractivity contribution < 1.29 is 4.39 Å². The third kappa shape index (κ3) is 12.4. The minimum absolute atomic E-state index is 0.338. The Morgan fingerprint density at radius 1 is 0.513 bits per heavy atom. The number of benzene rings is 3. The van der Waals surface area contributed by atoms with Crippen molar-refractivity contribution >= 4 is 23.5 Å². The van der Waals surface area contributed by atoms with Crippen molar-refractivity contribution in [2.75, 3.05) is 11.5 Å². The third-order valence-electron chi connectivity index (χ3n) is 6.40. The molecule has 0 spiro atoms. The number of halogens is 1. The van der Waals surface area contributed by atoms with Gasteiger partial charge in [0.25, 0.3) is 0 Å². The molecule has 3 heteroatoms. The Morgan fingerprint density at radius 2 is 0.949 bits per heavy atom. The molecule has 0 aliphatic rings. The maximum absolute atomic E-state index is 14.7. The Kier molecular flexibility index (Phi) is 14.8. The number of hydrogen-bond acceptors (Lipinski definition) is 2. The van der Waals surface area contributed by atoms with Crippen LogP contribution in [0.3, 0.4) is 0 Å². The summed E-state index contributed by atoms with van der Waals surface area (Å²) in [6.07, 6.45) is 13.1. The number of hydrogen-bond donors (Lipinski definition) is 0. The van der Waals surface area contributed by atoms with Crippen LogP contribution >= 0.6 is 23.5 Å². The average Bonchev–Trinajstić information content (AvgIpc) is 2.96. The van der Waals surface area contributed by atoms with Gasteiger partial charge < -0.3 is 0 Å². The van der Waals surface area contributed by atoms with E-state index in [9.17, 15) is 4.39 Å². The summed E-state index contributed by atoms with van der Waals surface area (Å²) >= 11 is 3.80. The lowest BCUT2D eigenvalue weighted by Crippen LogP contribution is -1.86. The highest BCUT2D eigenvalue weighted by Gasteiger charge is 2.01. The van der Waals surface area contributed by atoms with Gasteiger partial charge in [0.15, 0.2) is 0 Å². The van der Waals surface area contributed by atoms with Crippen LogP contribution in [0.15, 0.2) is 76.5 Å². The smallest absolute Gasteiger partial charge is 0.140 e. The molecule has 0 atom stereocenters. The van der Waals surface area contributed by atoms with Crippen LogP contribution in [-0.4, -0.2) is 11.5 Å². The van der Waals surface area contributed by atoms with E-state index in [0.717, 1.165) is 22.6 Å². The standard InChI is InChI=1S/C36H41FS2/c1-3-5-7-9-11-27-38-34-23-17-30(18-24-34)13-14-32-16-22-33(36(37)29-32)21-15-31-19-25-35(26-20-31)39-28-12-10-8-6-4-2/h16-20,22-26,29H,3-12,27-28H2,1-2H3. The normalized spacial score (nSPS) is 10.4. The van der Waals surface area contributed by atoms with Gasteiger partial charge in [0, 0.05) is 26.5 Å². The van der Waals surface area contributed by atoms with Gasteiger partial charge in [-0.3, -0.25) is 0 Å². The lowest BCUT2D eigenvalue weighted by molar-refractivity contribution is 0.624. The highest BCUT2D eigenvalue weighted by molar-refractivity contribution is 7.99. The quantitative estimate of drug-likeness (QED) is 0.110. The number of thioether (sulfide) groups is 2. The van der Waals surface area contributed by atoms with Crippen LogP contribution in [0, 0.1) is 29.5 Å². The summed E-state index contributed by atoms with van der Waals surface area (Å²) in [6.45, 7) is 4.49. The molecule has 0 fully saturated rings. The summed E-state index contributed by atoms with van der Waals surface area (Å²) in [5.74, 6) is 14.3. The molecule has 0 saturated heterocycles. The fourth-order valence-electron chi connectivity index (χ4n) is 4.04. The Balaban J connectivity index is 1.48. The van der Waals surface area contributed by atoms with Crippen molar-refractivity contribution in [3.63, 3.8) is 0 Å². The molecule has 3 rings (SSSR count). The monoisotopic (exact) mass is 556 g/mol. The summed E-state index contributed by atoms with van der Waals surface area (Å²) in [5.41, 5.74) is 2.87. The van der Waals surface area contributed by atoms with Crippen molar-refractivity contribution in [3.05, 3.63) is 94.8 Å². The van der Waals surface area contributed by atoms with Gasteiger partial charge >= 0.3 is 0 Å². The predicted octanol–water partition coefficient (Wildman–Crippen LogP) is 10.8.